The molecule has 1 aromatic carbocycles. The highest BCUT2D eigenvalue weighted by molar-refractivity contribution is 5.39. The maximum atomic E-state index is 13.3. The molecule has 1 fully saturated rings. The number of benzene rings is 1. The van der Waals surface area contributed by atoms with Gasteiger partial charge in [-0.1, -0.05) is 6.07 Å². The van der Waals surface area contributed by atoms with Crippen LogP contribution in [0.15, 0.2) is 18.2 Å². The topological polar surface area (TPSA) is 38.5 Å². The van der Waals surface area contributed by atoms with Gasteiger partial charge in [0.05, 0.1) is 0 Å². The Bertz CT molecular complexity index is 465. The van der Waals surface area contributed by atoms with Crippen LogP contribution in [0.25, 0.3) is 0 Å². The van der Waals surface area contributed by atoms with Crippen LogP contribution in [0.3, 0.4) is 0 Å². The summed E-state index contributed by atoms with van der Waals surface area (Å²) in [5.41, 5.74) is 6.92. The van der Waals surface area contributed by atoms with Gasteiger partial charge >= 0.3 is 0 Å². The average molecular weight is 250 g/mol. The first-order valence-corrected chi connectivity index (χ1v) is 6.51. The van der Waals surface area contributed by atoms with Crippen LogP contribution >= 0.6 is 0 Å². The number of nitrogens with two attached hydrogens (primary N) is 1. The third kappa shape index (κ3) is 1.99. The van der Waals surface area contributed by atoms with Crippen molar-refractivity contribution in [1.29, 1.82) is 0 Å². The molecule has 2 unspecified atom stereocenters. The molecule has 3 nitrogen and oxygen atoms in total. The molecule has 1 aromatic rings. The van der Waals surface area contributed by atoms with E-state index >= 15 is 0 Å². The molecule has 2 aliphatic rings. The molecule has 0 radical (unpaired) electrons. The van der Waals surface area contributed by atoms with Gasteiger partial charge in [0.1, 0.15) is 17.2 Å². The van der Waals surface area contributed by atoms with E-state index in [1.807, 2.05) is 0 Å². The largest absolute Gasteiger partial charge is 0.485 e. The zero-order valence-electron chi connectivity index (χ0n) is 10.7. The van der Waals surface area contributed by atoms with Gasteiger partial charge in [-0.2, -0.15) is 0 Å². The second-order valence-corrected chi connectivity index (χ2v) is 5.62. The van der Waals surface area contributed by atoms with E-state index in [2.05, 4.69) is 11.9 Å². The fourth-order valence-electron chi connectivity index (χ4n) is 3.26. The Morgan fingerprint density at radius 2 is 2.33 bits per heavy atom. The Morgan fingerprint density at radius 1 is 1.50 bits per heavy atom. The minimum atomic E-state index is -0.262. The summed E-state index contributed by atoms with van der Waals surface area (Å²) in [4.78, 5) is 2.26. The highest BCUT2D eigenvalue weighted by atomic mass is 19.1. The van der Waals surface area contributed by atoms with E-state index in [0.29, 0.717) is 5.75 Å². The van der Waals surface area contributed by atoms with Crippen LogP contribution in [0.1, 0.15) is 30.9 Å². The van der Waals surface area contributed by atoms with E-state index in [4.69, 9.17) is 10.5 Å². The number of piperidine rings is 1. The second kappa shape index (κ2) is 4.21. The van der Waals surface area contributed by atoms with E-state index in [1.165, 1.54) is 12.1 Å². The van der Waals surface area contributed by atoms with Gasteiger partial charge in [-0.15, -0.1) is 0 Å². The average Bonchev–Trinajstić information content (AvgIpc) is 2.27. The van der Waals surface area contributed by atoms with Crippen molar-refractivity contribution < 1.29 is 9.13 Å². The third-order valence-corrected chi connectivity index (χ3v) is 4.02. The summed E-state index contributed by atoms with van der Waals surface area (Å²) in [5, 5.41) is 0. The van der Waals surface area contributed by atoms with E-state index in [-0.39, 0.29) is 17.5 Å². The summed E-state index contributed by atoms with van der Waals surface area (Å²) in [5.74, 6) is 0.367. The summed E-state index contributed by atoms with van der Waals surface area (Å²) in [6.45, 7) is 1.97. The van der Waals surface area contributed by atoms with Gasteiger partial charge in [0.25, 0.3) is 0 Å². The molecule has 18 heavy (non-hydrogen) atoms. The standard InChI is InChI=1S/C14H19FN2O/c1-17-6-2-5-14(9-17)8-12(16)11-4-3-10(15)7-13(11)18-14/h3-4,7,12H,2,5-6,8-9,16H2,1H3. The molecule has 0 aromatic heterocycles. The van der Waals surface area contributed by atoms with Crippen molar-refractivity contribution in [1.82, 2.24) is 4.90 Å². The van der Waals surface area contributed by atoms with E-state index < -0.39 is 0 Å². The van der Waals surface area contributed by atoms with Crippen LogP contribution in [0.4, 0.5) is 4.39 Å². The number of fused-ring (bicyclic) bond motifs is 1. The number of ether oxygens (including phenoxy) is 1. The van der Waals surface area contributed by atoms with E-state index in [9.17, 15) is 4.39 Å². The monoisotopic (exact) mass is 250 g/mol. The number of rotatable bonds is 0. The van der Waals surface area contributed by atoms with Crippen LogP contribution in [0, 0.1) is 5.82 Å². The Morgan fingerprint density at radius 3 is 3.11 bits per heavy atom. The molecule has 1 saturated heterocycles. The van der Waals surface area contributed by atoms with Crippen LogP contribution in [0.5, 0.6) is 5.75 Å². The lowest BCUT2D eigenvalue weighted by molar-refractivity contribution is -0.0236. The first-order valence-electron chi connectivity index (χ1n) is 6.51. The third-order valence-electron chi connectivity index (χ3n) is 4.02. The number of nitrogens with zero attached hydrogens (tertiary/aromatic N) is 1. The molecule has 1 spiro atoms. The minimum Gasteiger partial charge on any atom is -0.485 e. The number of likely N-dealkylation sites (N-methyl/N-ethyl adjacent to an activating group) is 1. The number of halogens is 1. The zero-order chi connectivity index (χ0) is 12.8. The first-order chi connectivity index (χ1) is 8.58. The Labute approximate surface area is 107 Å². The van der Waals surface area contributed by atoms with E-state index in [1.54, 1.807) is 6.07 Å². The molecule has 0 bridgehead atoms. The fraction of sp³-hybridized carbons (Fsp3) is 0.571. The molecular formula is C14H19FN2O. The van der Waals surface area contributed by atoms with Crippen molar-refractivity contribution in [3.05, 3.63) is 29.6 Å². The Kier molecular flexibility index (Phi) is 2.79. The van der Waals surface area contributed by atoms with Gasteiger partial charge in [0.2, 0.25) is 0 Å². The lowest BCUT2D eigenvalue weighted by Crippen LogP contribution is -2.53. The highest BCUT2D eigenvalue weighted by Gasteiger charge is 2.42. The molecule has 2 heterocycles. The molecule has 0 aliphatic carbocycles. The molecule has 2 N–H and O–H groups in total. The van der Waals surface area contributed by atoms with Crippen molar-refractivity contribution in [3.63, 3.8) is 0 Å². The van der Waals surface area contributed by atoms with Gasteiger partial charge in [0.15, 0.2) is 0 Å². The van der Waals surface area contributed by atoms with Crippen LogP contribution < -0.4 is 10.5 Å². The van der Waals surface area contributed by atoms with Crippen LogP contribution in [-0.2, 0) is 0 Å². The van der Waals surface area contributed by atoms with Gasteiger partial charge in [0, 0.05) is 30.6 Å². The second-order valence-electron chi connectivity index (χ2n) is 5.62. The fourth-order valence-corrected chi connectivity index (χ4v) is 3.26. The SMILES string of the molecule is CN1CCCC2(CC(N)c3ccc(F)cc3O2)C1. The van der Waals surface area contributed by atoms with Crippen molar-refractivity contribution >= 4 is 0 Å². The number of hydrogen-bond donors (Lipinski definition) is 1. The molecule has 0 amide bonds. The normalized spacial score (nSPS) is 32.1. The number of hydrogen-bond acceptors (Lipinski definition) is 3. The zero-order valence-corrected chi connectivity index (χ0v) is 10.7. The smallest absolute Gasteiger partial charge is 0.127 e. The summed E-state index contributed by atoms with van der Waals surface area (Å²) in [6.07, 6.45) is 2.92. The summed E-state index contributed by atoms with van der Waals surface area (Å²) < 4.78 is 19.4. The molecule has 98 valence electrons. The highest BCUT2D eigenvalue weighted by Crippen LogP contribution is 2.42. The molecular weight excluding hydrogens is 231 g/mol. The summed E-state index contributed by atoms with van der Waals surface area (Å²) >= 11 is 0. The maximum absolute atomic E-state index is 13.3. The van der Waals surface area contributed by atoms with Crippen molar-refractivity contribution in [2.75, 3.05) is 20.1 Å². The maximum Gasteiger partial charge on any atom is 0.127 e. The molecule has 2 aliphatic heterocycles. The molecule has 0 saturated carbocycles. The molecule has 2 atom stereocenters. The molecule has 3 rings (SSSR count). The van der Waals surface area contributed by atoms with Crippen LogP contribution in [-0.4, -0.2) is 30.6 Å². The van der Waals surface area contributed by atoms with Crippen molar-refractivity contribution in [3.8, 4) is 5.75 Å². The minimum absolute atomic E-state index is 0.0548. The lowest BCUT2D eigenvalue weighted by Gasteiger charge is -2.46. The Hall–Kier alpha value is -1.13. The van der Waals surface area contributed by atoms with Gasteiger partial charge in [-0.05, 0) is 32.5 Å². The first kappa shape index (κ1) is 11.9. The quantitative estimate of drug-likeness (QED) is 0.766. The van der Waals surface area contributed by atoms with Gasteiger partial charge in [-0.3, -0.25) is 0 Å². The van der Waals surface area contributed by atoms with E-state index in [0.717, 1.165) is 37.9 Å². The predicted octanol–water partition coefficient (Wildman–Crippen LogP) is 2.07. The van der Waals surface area contributed by atoms with Gasteiger partial charge in [-0.25, -0.2) is 4.39 Å². The lowest BCUT2D eigenvalue weighted by atomic mass is 9.82. The molecule has 4 heteroatoms. The predicted molar refractivity (Wildman–Crippen MR) is 68.0 cm³/mol. The Balaban J connectivity index is 1.94. The number of likely N-dealkylation sites (tertiary alicyclic amines) is 1. The summed E-state index contributed by atoms with van der Waals surface area (Å²) in [7, 11) is 2.09. The van der Waals surface area contributed by atoms with Crippen LogP contribution in [0.2, 0.25) is 0 Å². The van der Waals surface area contributed by atoms with Gasteiger partial charge < -0.3 is 15.4 Å². The summed E-state index contributed by atoms with van der Waals surface area (Å²) in [6, 6.07) is 4.60. The van der Waals surface area contributed by atoms with Crippen molar-refractivity contribution in [2.24, 2.45) is 5.73 Å². The van der Waals surface area contributed by atoms with Crippen molar-refractivity contribution in [2.45, 2.75) is 30.9 Å².